The summed E-state index contributed by atoms with van der Waals surface area (Å²) in [6.45, 7) is 1.88. The van der Waals surface area contributed by atoms with Gasteiger partial charge in [0.2, 0.25) is 0 Å². The van der Waals surface area contributed by atoms with Crippen molar-refractivity contribution in [2.75, 3.05) is 13.7 Å². The van der Waals surface area contributed by atoms with E-state index >= 15 is 0 Å². The fourth-order valence-corrected chi connectivity index (χ4v) is 2.55. The van der Waals surface area contributed by atoms with Crippen molar-refractivity contribution in [2.24, 2.45) is 14.0 Å². The Hall–Kier alpha value is -0.630. The van der Waals surface area contributed by atoms with Crippen molar-refractivity contribution in [3.63, 3.8) is 0 Å². The van der Waals surface area contributed by atoms with Crippen molar-refractivity contribution in [2.45, 2.75) is 0 Å². The van der Waals surface area contributed by atoms with Gasteiger partial charge in [0.15, 0.2) is 0 Å². The van der Waals surface area contributed by atoms with Crippen LogP contribution in [0.2, 0.25) is 0 Å². The molecule has 0 saturated heterocycles. The van der Waals surface area contributed by atoms with Crippen LogP contribution >= 0.6 is 15.6 Å². The van der Waals surface area contributed by atoms with E-state index in [1.807, 2.05) is 0 Å². The average molecular weight is 246 g/mol. The van der Waals surface area contributed by atoms with Crippen LogP contribution in [0.25, 0.3) is 0 Å². The van der Waals surface area contributed by atoms with Crippen LogP contribution in [0.15, 0.2) is 14.0 Å². The van der Waals surface area contributed by atoms with Crippen LogP contribution in [-0.4, -0.2) is 20.4 Å². The molecule has 0 N–H and O–H groups in total. The van der Waals surface area contributed by atoms with Crippen LogP contribution in [0.4, 0.5) is 12.6 Å². The number of nitriles is 1. The van der Waals surface area contributed by atoms with Crippen molar-refractivity contribution in [1.29, 1.82) is 5.26 Å². The third kappa shape index (κ3) is 4.56. The van der Waals surface area contributed by atoms with E-state index in [0.29, 0.717) is 0 Å². The summed E-state index contributed by atoms with van der Waals surface area (Å²) in [6, 6.07) is 1.43. The highest BCUT2D eigenvalue weighted by Gasteiger charge is 2.25. The lowest BCUT2D eigenvalue weighted by Crippen LogP contribution is -1.83. The average Bonchev–Trinajstić information content (AvgIpc) is 2.14. The van der Waals surface area contributed by atoms with Crippen molar-refractivity contribution in [1.82, 2.24) is 0 Å². The Kier molecular flexibility index (Phi) is 5.06. The van der Waals surface area contributed by atoms with E-state index in [1.165, 1.54) is 6.07 Å². The first-order valence-corrected chi connectivity index (χ1v) is 6.10. The van der Waals surface area contributed by atoms with Gasteiger partial charge in [-0.15, -0.1) is 12.9 Å². The van der Waals surface area contributed by atoms with Crippen LogP contribution in [0.3, 0.4) is 0 Å². The third-order valence-electron chi connectivity index (χ3n) is 0.928. The number of halogens is 3. The van der Waals surface area contributed by atoms with Gasteiger partial charge in [0, 0.05) is 7.05 Å². The van der Waals surface area contributed by atoms with Gasteiger partial charge in [-0.05, 0) is 6.72 Å². The summed E-state index contributed by atoms with van der Waals surface area (Å²) < 4.78 is 50.3. The molecule has 0 amide bonds. The summed E-state index contributed by atoms with van der Waals surface area (Å²) in [5, 5.41) is 8.06. The SMILES string of the molecule is C=NP(F)(F)=NP(F)(=NC)OCC#N. The number of hydrogen-bond donors (Lipinski definition) is 0. The standard InChI is InChI=1S/C4H7F3N4OP2/c1-9-13(5,6)11-14(7,10-2)12-4-3-8/h1,4H2,2H3. The van der Waals surface area contributed by atoms with Gasteiger partial charge in [0.05, 0.1) is 6.07 Å². The lowest BCUT2D eigenvalue weighted by molar-refractivity contribution is 0.374. The van der Waals surface area contributed by atoms with E-state index in [0.717, 1.165) is 7.05 Å². The highest BCUT2D eigenvalue weighted by molar-refractivity contribution is 7.66. The van der Waals surface area contributed by atoms with Crippen LogP contribution in [-0.2, 0) is 4.52 Å². The molecular weight excluding hydrogens is 239 g/mol. The van der Waals surface area contributed by atoms with E-state index in [-0.39, 0.29) is 0 Å². The summed E-state index contributed by atoms with van der Waals surface area (Å²) >= 11 is 0. The van der Waals surface area contributed by atoms with Gasteiger partial charge in [-0.25, -0.2) is 9.51 Å². The van der Waals surface area contributed by atoms with Crippen molar-refractivity contribution >= 4 is 22.3 Å². The molecule has 80 valence electrons. The summed E-state index contributed by atoms with van der Waals surface area (Å²) in [4.78, 5) is 0. The van der Waals surface area contributed by atoms with E-state index in [4.69, 9.17) is 5.26 Å². The summed E-state index contributed by atoms with van der Waals surface area (Å²) in [5.74, 6) is 0. The van der Waals surface area contributed by atoms with Crippen LogP contribution < -0.4 is 0 Å². The largest absolute Gasteiger partial charge is 0.420 e. The zero-order chi connectivity index (χ0) is 11.2. The summed E-state index contributed by atoms with van der Waals surface area (Å²) in [7, 11) is -8.59. The molecule has 5 nitrogen and oxygen atoms in total. The van der Waals surface area contributed by atoms with Gasteiger partial charge in [-0.1, -0.05) is 0 Å². The topological polar surface area (TPSA) is 70.1 Å². The summed E-state index contributed by atoms with van der Waals surface area (Å²) in [5.41, 5.74) is 0. The smallest absolute Gasteiger partial charge is 0.288 e. The number of nitrogens with zero attached hydrogens (tertiary/aromatic N) is 4. The zero-order valence-electron chi connectivity index (χ0n) is 7.14. The third-order valence-corrected chi connectivity index (χ3v) is 3.96. The molecule has 0 aliphatic heterocycles. The minimum Gasteiger partial charge on any atom is -0.288 e. The van der Waals surface area contributed by atoms with E-state index < -0.39 is 22.2 Å². The van der Waals surface area contributed by atoms with Crippen molar-refractivity contribution in [3.05, 3.63) is 0 Å². The minimum absolute atomic E-state index is 0.692. The lowest BCUT2D eigenvalue weighted by atomic mass is 10.9. The van der Waals surface area contributed by atoms with Gasteiger partial charge in [-0.3, -0.25) is 4.52 Å². The predicted molar refractivity (Wildman–Crippen MR) is 49.1 cm³/mol. The highest BCUT2D eigenvalue weighted by atomic mass is 31.3. The van der Waals surface area contributed by atoms with Crippen molar-refractivity contribution < 1.29 is 17.1 Å². The van der Waals surface area contributed by atoms with Gasteiger partial charge in [-0.2, -0.15) is 9.46 Å². The molecule has 1 atom stereocenters. The second-order valence-corrected chi connectivity index (χ2v) is 5.30. The molecule has 0 fully saturated rings. The van der Waals surface area contributed by atoms with Crippen molar-refractivity contribution in [3.8, 4) is 6.07 Å². The summed E-state index contributed by atoms with van der Waals surface area (Å²) in [6.07, 6.45) is 0. The Bertz CT molecular complexity index is 356. The van der Waals surface area contributed by atoms with Gasteiger partial charge < -0.3 is 0 Å². The number of hydrogen-bond acceptors (Lipinski definition) is 3. The fourth-order valence-electron chi connectivity index (χ4n) is 0.396. The van der Waals surface area contributed by atoms with Gasteiger partial charge in [0.1, 0.15) is 6.61 Å². The second kappa shape index (κ2) is 5.30. The lowest BCUT2D eigenvalue weighted by Gasteiger charge is -2.07. The normalized spacial score (nSPS) is 15.1. The molecule has 0 rings (SSSR count). The molecule has 1 unspecified atom stereocenters. The van der Waals surface area contributed by atoms with Gasteiger partial charge in [0.25, 0.3) is 0 Å². The molecule has 14 heavy (non-hydrogen) atoms. The molecule has 10 heteroatoms. The first kappa shape index (κ1) is 13.4. The molecule has 0 aromatic rings. The molecule has 0 spiro atoms. The molecule has 0 saturated carbocycles. The molecule has 0 aliphatic carbocycles. The Labute approximate surface area is 79.3 Å². The Balaban J connectivity index is 5.03. The van der Waals surface area contributed by atoms with E-state index in [1.54, 1.807) is 0 Å². The van der Waals surface area contributed by atoms with Gasteiger partial charge >= 0.3 is 15.6 Å². The fraction of sp³-hybridized carbons (Fsp3) is 0.500. The molecule has 0 heterocycles. The van der Waals surface area contributed by atoms with E-state index in [2.05, 4.69) is 25.3 Å². The monoisotopic (exact) mass is 246 g/mol. The zero-order valence-corrected chi connectivity index (χ0v) is 8.93. The Morgan fingerprint density at radius 1 is 1.50 bits per heavy atom. The molecule has 0 bridgehead atoms. The maximum absolute atomic E-state index is 13.3. The Morgan fingerprint density at radius 2 is 2.07 bits per heavy atom. The maximum Gasteiger partial charge on any atom is 0.420 e. The molecule has 0 aromatic carbocycles. The first-order chi connectivity index (χ1) is 6.39. The van der Waals surface area contributed by atoms with Crippen LogP contribution in [0.1, 0.15) is 0 Å². The maximum atomic E-state index is 13.3. The molecule has 0 aliphatic rings. The molecule has 0 radical (unpaired) electrons. The second-order valence-electron chi connectivity index (χ2n) is 1.79. The Morgan fingerprint density at radius 3 is 2.43 bits per heavy atom. The van der Waals surface area contributed by atoms with Crippen LogP contribution in [0.5, 0.6) is 0 Å². The minimum atomic E-state index is -5.12. The van der Waals surface area contributed by atoms with Crippen LogP contribution in [0, 0.1) is 11.3 Å². The van der Waals surface area contributed by atoms with E-state index in [9.17, 15) is 12.6 Å². The molecule has 0 aromatic heterocycles. The quantitative estimate of drug-likeness (QED) is 0.560. The highest BCUT2D eigenvalue weighted by Crippen LogP contribution is 2.67. The number of rotatable bonds is 4. The molecular formula is C4H7F3N4OP2. The first-order valence-electron chi connectivity index (χ1n) is 3.12. The predicted octanol–water partition coefficient (Wildman–Crippen LogP) is 3.66.